The van der Waals surface area contributed by atoms with Crippen LogP contribution in [0.1, 0.15) is 5.56 Å². The molecule has 0 fully saturated rings. The first-order chi connectivity index (χ1) is 9.04. The maximum absolute atomic E-state index is 6.00. The Balaban J connectivity index is 2.40. The first-order valence-corrected chi connectivity index (χ1v) is 7.87. The van der Waals surface area contributed by atoms with Gasteiger partial charge in [0.15, 0.2) is 0 Å². The predicted molar refractivity (Wildman–Crippen MR) is 81.6 cm³/mol. The van der Waals surface area contributed by atoms with Gasteiger partial charge in [0.05, 0.1) is 0 Å². The molecule has 19 heavy (non-hydrogen) atoms. The normalized spacial score (nSPS) is 11.1. The Bertz CT molecular complexity index is 813. The van der Waals surface area contributed by atoms with Crippen molar-refractivity contribution < 1.29 is 0 Å². The van der Waals surface area contributed by atoms with Crippen LogP contribution in [0.2, 0.25) is 0 Å². The zero-order chi connectivity index (χ0) is 13.6. The van der Waals surface area contributed by atoms with Crippen LogP contribution >= 0.6 is 0 Å². The molecule has 1 aliphatic heterocycles. The van der Waals surface area contributed by atoms with E-state index in [0.29, 0.717) is 0 Å². The summed E-state index contributed by atoms with van der Waals surface area (Å²) in [6.07, 6.45) is 0. The molecule has 3 nitrogen and oxygen atoms in total. The van der Waals surface area contributed by atoms with Crippen LogP contribution in [0.25, 0.3) is 19.9 Å². The summed E-state index contributed by atoms with van der Waals surface area (Å²) in [5, 5.41) is 1.22. The van der Waals surface area contributed by atoms with E-state index in [1.54, 1.807) is 0 Å². The first-order valence-electron chi connectivity index (χ1n) is 6.15. The molecule has 0 aromatic heterocycles. The second-order valence-electron chi connectivity index (χ2n) is 4.94. The van der Waals surface area contributed by atoms with Crippen LogP contribution in [0.4, 0.5) is 5.69 Å². The second-order valence-corrected chi connectivity index (χ2v) is 7.21. The number of aromatic nitrogens is 1. The van der Waals surface area contributed by atoms with Crippen LogP contribution in [0.3, 0.4) is 0 Å². The molecule has 1 aliphatic carbocycles. The average molecular weight is 317 g/mol. The summed E-state index contributed by atoms with van der Waals surface area (Å²) in [7, 11) is 4.12. The zero-order valence-corrected chi connectivity index (χ0v) is 13.0. The van der Waals surface area contributed by atoms with Crippen molar-refractivity contribution in [3.05, 3.63) is 41.3 Å². The van der Waals surface area contributed by atoms with E-state index in [-0.39, 0.29) is 14.5 Å². The Hall–Kier alpha value is -1.64. The van der Waals surface area contributed by atoms with E-state index in [1.165, 1.54) is 14.1 Å². The quantitative estimate of drug-likeness (QED) is 0.294. The summed E-state index contributed by atoms with van der Waals surface area (Å²) in [4.78, 5) is 4.75. The van der Waals surface area contributed by atoms with Crippen molar-refractivity contribution in [2.45, 2.75) is 6.92 Å². The molecule has 0 atom stereocenters. The van der Waals surface area contributed by atoms with Gasteiger partial charge in [0.1, 0.15) is 0 Å². The third-order valence-corrected chi connectivity index (χ3v) is 5.56. The van der Waals surface area contributed by atoms with Gasteiger partial charge in [0.2, 0.25) is 0 Å². The van der Waals surface area contributed by atoms with Crippen LogP contribution in [0, 0.1) is 6.92 Å². The van der Waals surface area contributed by atoms with Gasteiger partial charge in [-0.05, 0) is 0 Å². The molecule has 0 saturated heterocycles. The van der Waals surface area contributed by atoms with Gasteiger partial charge in [-0.1, -0.05) is 0 Å². The number of rotatable bonds is 0. The van der Waals surface area contributed by atoms with Gasteiger partial charge in [-0.2, -0.15) is 0 Å². The molecule has 0 spiro atoms. The molecule has 0 saturated carbocycles. The molecule has 0 unspecified atom stereocenters. The van der Waals surface area contributed by atoms with Crippen molar-refractivity contribution in [1.29, 1.82) is 0 Å². The molecule has 1 heterocycles. The summed E-state index contributed by atoms with van der Waals surface area (Å²) in [6.45, 7) is 2.03. The summed E-state index contributed by atoms with van der Waals surface area (Å²) in [6, 6.07) is 10.6. The van der Waals surface area contributed by atoms with E-state index in [4.69, 9.17) is 10.7 Å². The summed E-state index contributed by atoms with van der Waals surface area (Å²) >= 11 is 0.278. The molecule has 96 valence electrons. The van der Waals surface area contributed by atoms with Crippen LogP contribution in [0.5, 0.6) is 0 Å². The Labute approximate surface area is 118 Å². The molecule has 1 aromatic carbocycles. The van der Waals surface area contributed by atoms with Crippen molar-refractivity contribution in [3.63, 3.8) is 0 Å². The SMILES string of the molecule is Cc1cc2nc3ccc(=[N+](C)C)cc-3[se]c2cc1N. The fourth-order valence-electron chi connectivity index (χ4n) is 2.06. The number of anilines is 1. The third kappa shape index (κ3) is 2.18. The number of benzene rings is 2. The minimum absolute atomic E-state index is 0.278. The number of aryl methyl sites for hydroxylation is 1. The first kappa shape index (κ1) is 12.4. The molecule has 0 amide bonds. The number of fused-ring (bicyclic) bond motifs is 2. The topological polar surface area (TPSA) is 41.9 Å². The van der Waals surface area contributed by atoms with Crippen molar-refractivity contribution in [2.75, 3.05) is 19.8 Å². The summed E-state index contributed by atoms with van der Waals surface area (Å²) < 4.78 is 4.73. The fourth-order valence-corrected chi connectivity index (χ4v) is 4.22. The molecule has 0 radical (unpaired) electrons. The van der Waals surface area contributed by atoms with Crippen LogP contribution < -0.4 is 15.7 Å². The van der Waals surface area contributed by atoms with Crippen molar-refractivity contribution in [3.8, 4) is 10.1 Å². The Morgan fingerprint density at radius 1 is 1.16 bits per heavy atom. The molecule has 2 aliphatic rings. The fraction of sp³-hybridized carbons (Fsp3) is 0.200. The van der Waals surface area contributed by atoms with Crippen LogP contribution in [-0.4, -0.2) is 33.6 Å². The Morgan fingerprint density at radius 3 is 2.68 bits per heavy atom. The summed E-state index contributed by atoms with van der Waals surface area (Å²) in [5.41, 5.74) is 10.1. The zero-order valence-electron chi connectivity index (χ0n) is 11.3. The molecular formula is C15H16N3Se+. The Kier molecular flexibility index (Phi) is 2.92. The monoisotopic (exact) mass is 318 g/mol. The van der Waals surface area contributed by atoms with E-state index in [2.05, 4.69) is 49.0 Å². The predicted octanol–water partition coefficient (Wildman–Crippen LogP) is 1.32. The van der Waals surface area contributed by atoms with Gasteiger partial charge >= 0.3 is 118 Å². The molecule has 2 N–H and O–H groups in total. The van der Waals surface area contributed by atoms with Crippen molar-refractivity contribution >= 4 is 30.0 Å². The molecule has 4 heteroatoms. The van der Waals surface area contributed by atoms with Crippen molar-refractivity contribution in [2.24, 2.45) is 0 Å². The van der Waals surface area contributed by atoms with Gasteiger partial charge in [0.25, 0.3) is 0 Å². The third-order valence-electron chi connectivity index (χ3n) is 3.27. The van der Waals surface area contributed by atoms with Crippen LogP contribution in [0.15, 0.2) is 30.3 Å². The van der Waals surface area contributed by atoms with E-state index in [0.717, 1.165) is 22.5 Å². The van der Waals surface area contributed by atoms with Gasteiger partial charge in [0, 0.05) is 0 Å². The van der Waals surface area contributed by atoms with E-state index in [1.807, 2.05) is 6.92 Å². The molecule has 1 aromatic rings. The van der Waals surface area contributed by atoms with E-state index >= 15 is 0 Å². The second kappa shape index (κ2) is 4.48. The number of nitrogens with two attached hydrogens (primary N) is 1. The molecule has 0 bridgehead atoms. The van der Waals surface area contributed by atoms with E-state index < -0.39 is 0 Å². The standard InChI is InChI=1S/C15H15N3Se/c1-9-6-13-15(8-11(9)16)19-14-7-10(18(2)3)4-5-12(14)17-13/h4-8,16H,1-3H3/p+1. The number of nitrogens with zero attached hydrogens (tertiary/aromatic N) is 2. The molecular weight excluding hydrogens is 301 g/mol. The minimum atomic E-state index is 0.278. The average Bonchev–Trinajstić information content (AvgIpc) is 2.37. The molecule has 3 rings (SSSR count). The van der Waals surface area contributed by atoms with Gasteiger partial charge in [-0.15, -0.1) is 0 Å². The van der Waals surface area contributed by atoms with Crippen LogP contribution in [-0.2, 0) is 0 Å². The van der Waals surface area contributed by atoms with Crippen molar-refractivity contribution in [1.82, 2.24) is 9.56 Å². The number of hydrogen-bond acceptors (Lipinski definition) is 2. The van der Waals surface area contributed by atoms with Gasteiger partial charge < -0.3 is 0 Å². The maximum atomic E-state index is 6.00. The van der Waals surface area contributed by atoms with Gasteiger partial charge in [-0.25, -0.2) is 0 Å². The Morgan fingerprint density at radius 2 is 1.95 bits per heavy atom. The van der Waals surface area contributed by atoms with Gasteiger partial charge in [-0.3, -0.25) is 0 Å². The summed E-state index contributed by atoms with van der Waals surface area (Å²) in [5.74, 6) is 0. The van der Waals surface area contributed by atoms with E-state index in [9.17, 15) is 0 Å². The number of nitrogen functional groups attached to an aromatic ring is 1. The number of hydrogen-bond donors (Lipinski definition) is 1.